The molecule has 2 N–H and O–H groups in total. The molecule has 0 aliphatic heterocycles. The lowest BCUT2D eigenvalue weighted by Gasteiger charge is -2.10. The van der Waals surface area contributed by atoms with E-state index in [9.17, 15) is 23.3 Å². The molecule has 0 aliphatic rings. The lowest BCUT2D eigenvalue weighted by Crippen LogP contribution is -2.42. The summed E-state index contributed by atoms with van der Waals surface area (Å²) in [7, 11) is -4.12. The van der Waals surface area contributed by atoms with Crippen molar-refractivity contribution in [3.05, 3.63) is 63.2 Å². The summed E-state index contributed by atoms with van der Waals surface area (Å²) in [6.07, 6.45) is 0. The Bertz CT molecular complexity index is 990. The van der Waals surface area contributed by atoms with Gasteiger partial charge in [0.2, 0.25) is 5.91 Å². The largest absolute Gasteiger partial charge is 0.277 e. The number of amides is 1. The number of hydrazine groups is 1. The van der Waals surface area contributed by atoms with Gasteiger partial charge in [0.1, 0.15) is 0 Å². The van der Waals surface area contributed by atoms with Crippen LogP contribution in [0.5, 0.6) is 0 Å². The van der Waals surface area contributed by atoms with Crippen molar-refractivity contribution in [2.24, 2.45) is 0 Å². The number of thioether (sulfide) groups is 1. The smallest absolute Gasteiger partial charge is 0.273 e. The summed E-state index contributed by atoms with van der Waals surface area (Å²) < 4.78 is 24.5. The number of rotatable bonds is 7. The van der Waals surface area contributed by atoms with E-state index in [1.54, 1.807) is 0 Å². The minimum Gasteiger partial charge on any atom is -0.277 e. The number of hydrogen-bond acceptors (Lipinski definition) is 6. The van der Waals surface area contributed by atoms with Gasteiger partial charge in [0.05, 0.1) is 15.6 Å². The first-order valence-electron chi connectivity index (χ1n) is 7.86. The van der Waals surface area contributed by atoms with Crippen molar-refractivity contribution >= 4 is 33.4 Å². The zero-order chi connectivity index (χ0) is 20.2. The predicted molar refractivity (Wildman–Crippen MR) is 103 cm³/mol. The van der Waals surface area contributed by atoms with Crippen LogP contribution in [0.4, 0.5) is 5.69 Å². The van der Waals surface area contributed by atoms with E-state index in [1.165, 1.54) is 30.8 Å². The van der Waals surface area contributed by atoms with E-state index < -0.39 is 20.9 Å². The van der Waals surface area contributed by atoms with Crippen molar-refractivity contribution in [1.29, 1.82) is 0 Å². The number of nitrogens with zero attached hydrogens (tertiary/aromatic N) is 1. The van der Waals surface area contributed by atoms with Gasteiger partial charge in [-0.2, -0.15) is 0 Å². The first-order chi connectivity index (χ1) is 12.6. The van der Waals surface area contributed by atoms with Crippen molar-refractivity contribution in [3.8, 4) is 0 Å². The number of nitrogens with one attached hydrogen (secondary N) is 2. The van der Waals surface area contributed by atoms with Gasteiger partial charge < -0.3 is 0 Å². The third-order valence-corrected chi connectivity index (χ3v) is 6.12. The average Bonchev–Trinajstić information content (AvgIpc) is 2.60. The van der Waals surface area contributed by atoms with Crippen LogP contribution in [0.3, 0.4) is 0 Å². The van der Waals surface area contributed by atoms with Gasteiger partial charge in [0, 0.05) is 16.5 Å². The van der Waals surface area contributed by atoms with E-state index >= 15 is 0 Å². The molecule has 2 aromatic rings. The van der Waals surface area contributed by atoms with Crippen LogP contribution in [0.2, 0.25) is 0 Å². The summed E-state index contributed by atoms with van der Waals surface area (Å²) in [5, 5.41) is 11.0. The van der Waals surface area contributed by atoms with Crippen LogP contribution in [0.15, 0.2) is 46.2 Å². The maximum Gasteiger partial charge on any atom is 0.273 e. The van der Waals surface area contributed by atoms with Crippen molar-refractivity contribution in [2.45, 2.75) is 30.6 Å². The predicted octanol–water partition coefficient (Wildman–Crippen LogP) is 2.62. The molecule has 2 aromatic carbocycles. The topological polar surface area (TPSA) is 118 Å². The molecule has 0 bridgehead atoms. The molecule has 1 amide bonds. The normalized spacial score (nSPS) is 11.2. The summed E-state index contributed by atoms with van der Waals surface area (Å²) >= 11 is 1.29. The second-order valence-corrected chi connectivity index (χ2v) is 8.62. The average molecular weight is 409 g/mol. The summed E-state index contributed by atoms with van der Waals surface area (Å²) in [6.45, 7) is 5.37. The summed E-state index contributed by atoms with van der Waals surface area (Å²) in [6, 6.07) is 9.39. The minimum atomic E-state index is -4.12. The summed E-state index contributed by atoms with van der Waals surface area (Å²) in [4.78, 5) is 24.8. The third-order valence-electron chi connectivity index (χ3n) is 3.71. The number of sulfonamides is 1. The van der Waals surface area contributed by atoms with Gasteiger partial charge in [0.15, 0.2) is 0 Å². The number of carbonyl (C=O) groups excluding carboxylic acids is 1. The van der Waals surface area contributed by atoms with Crippen molar-refractivity contribution in [2.75, 3.05) is 5.75 Å². The molecule has 0 saturated carbocycles. The van der Waals surface area contributed by atoms with Crippen LogP contribution in [-0.2, 0) is 14.8 Å². The number of nitro groups is 1. The second kappa shape index (κ2) is 8.51. The standard InChI is InChI=1S/C17H19N3O5S2/c1-11-4-5-13(3)16(8-11)26-10-17(21)18-19-27(24,25)14-7-6-12(2)15(9-14)20(22)23/h4-9,19H,10H2,1-3H3,(H,18,21). The molecule has 0 radical (unpaired) electrons. The lowest BCUT2D eigenvalue weighted by atomic mass is 10.2. The zero-order valence-corrected chi connectivity index (χ0v) is 16.6. The molecule has 0 aromatic heterocycles. The minimum absolute atomic E-state index is 0.0147. The van der Waals surface area contributed by atoms with Crippen molar-refractivity contribution in [3.63, 3.8) is 0 Å². The molecule has 0 atom stereocenters. The van der Waals surface area contributed by atoms with E-state index in [-0.39, 0.29) is 16.3 Å². The van der Waals surface area contributed by atoms with Gasteiger partial charge in [-0.05, 0) is 38.5 Å². The molecule has 0 spiro atoms. The van der Waals surface area contributed by atoms with Crippen molar-refractivity contribution < 1.29 is 18.1 Å². The number of hydrogen-bond donors (Lipinski definition) is 2. The Hall–Kier alpha value is -2.43. The van der Waals surface area contributed by atoms with Gasteiger partial charge in [-0.3, -0.25) is 20.3 Å². The first-order valence-corrected chi connectivity index (χ1v) is 10.3. The van der Waals surface area contributed by atoms with Gasteiger partial charge in [-0.1, -0.05) is 23.8 Å². The van der Waals surface area contributed by atoms with Crippen LogP contribution in [-0.4, -0.2) is 25.0 Å². The highest BCUT2D eigenvalue weighted by atomic mass is 32.2. The van der Waals surface area contributed by atoms with Crippen LogP contribution in [0.1, 0.15) is 16.7 Å². The monoisotopic (exact) mass is 409 g/mol. The molecule has 10 heteroatoms. The molecular formula is C17H19N3O5S2. The third kappa shape index (κ3) is 5.52. The first kappa shape index (κ1) is 20.9. The van der Waals surface area contributed by atoms with Gasteiger partial charge in [0.25, 0.3) is 15.7 Å². The van der Waals surface area contributed by atoms with E-state index in [0.717, 1.165) is 22.1 Å². The van der Waals surface area contributed by atoms with Crippen molar-refractivity contribution in [1.82, 2.24) is 10.3 Å². The molecule has 0 aliphatic carbocycles. The molecule has 0 heterocycles. The molecule has 0 unspecified atom stereocenters. The number of aryl methyl sites for hydroxylation is 3. The Kier molecular flexibility index (Phi) is 6.58. The number of carbonyl (C=O) groups is 1. The van der Waals surface area contributed by atoms with E-state index in [0.29, 0.717) is 5.56 Å². The quantitative estimate of drug-likeness (QED) is 0.412. The Morgan fingerprint density at radius 3 is 2.44 bits per heavy atom. The Morgan fingerprint density at radius 1 is 1.11 bits per heavy atom. The fraction of sp³-hybridized carbons (Fsp3) is 0.235. The Labute approximate surface area is 161 Å². The molecule has 8 nitrogen and oxygen atoms in total. The van der Waals surface area contributed by atoms with E-state index in [4.69, 9.17) is 0 Å². The fourth-order valence-corrected chi connectivity index (χ4v) is 3.98. The maximum atomic E-state index is 12.2. The highest BCUT2D eigenvalue weighted by Crippen LogP contribution is 2.23. The van der Waals surface area contributed by atoms with Crippen LogP contribution in [0.25, 0.3) is 0 Å². The molecule has 2 rings (SSSR count). The van der Waals surface area contributed by atoms with E-state index in [2.05, 4.69) is 5.43 Å². The van der Waals surface area contributed by atoms with Gasteiger partial charge in [-0.25, -0.2) is 8.42 Å². The maximum absolute atomic E-state index is 12.2. The molecule has 27 heavy (non-hydrogen) atoms. The SMILES string of the molecule is Cc1ccc(C)c(SCC(=O)NNS(=O)(=O)c2ccc(C)c([N+](=O)[O-])c2)c1. The Balaban J connectivity index is 2.00. The van der Waals surface area contributed by atoms with Gasteiger partial charge in [-0.15, -0.1) is 16.6 Å². The van der Waals surface area contributed by atoms with E-state index in [1.807, 2.05) is 36.9 Å². The molecule has 144 valence electrons. The summed E-state index contributed by atoms with van der Waals surface area (Å²) in [5.41, 5.74) is 4.23. The highest BCUT2D eigenvalue weighted by Gasteiger charge is 2.20. The molecule has 0 saturated heterocycles. The molecular weight excluding hydrogens is 390 g/mol. The number of benzene rings is 2. The Morgan fingerprint density at radius 2 is 1.78 bits per heavy atom. The zero-order valence-electron chi connectivity index (χ0n) is 15.0. The lowest BCUT2D eigenvalue weighted by molar-refractivity contribution is -0.385. The van der Waals surface area contributed by atoms with Crippen LogP contribution in [0, 0.1) is 30.9 Å². The van der Waals surface area contributed by atoms with Crippen LogP contribution < -0.4 is 10.3 Å². The fourth-order valence-electron chi connectivity index (χ4n) is 2.18. The van der Waals surface area contributed by atoms with Gasteiger partial charge >= 0.3 is 0 Å². The highest BCUT2D eigenvalue weighted by molar-refractivity contribution is 8.00. The molecule has 0 fully saturated rings. The number of nitro benzene ring substituents is 1. The summed E-state index contributed by atoms with van der Waals surface area (Å²) in [5.74, 6) is -0.521. The van der Waals surface area contributed by atoms with Crippen LogP contribution >= 0.6 is 11.8 Å². The second-order valence-electron chi connectivity index (χ2n) is 5.92.